The molecule has 1 aliphatic rings. The highest BCUT2D eigenvalue weighted by Gasteiger charge is 2.35. The number of nitrogens with zero attached hydrogens (tertiary/aromatic N) is 1. The Kier molecular flexibility index (Phi) is 7.67. The van der Waals surface area contributed by atoms with E-state index in [-0.39, 0.29) is 45.0 Å². The van der Waals surface area contributed by atoms with Crippen molar-refractivity contribution in [2.75, 3.05) is 6.61 Å². The molecular formula is C25H19ClFNO6S2. The summed E-state index contributed by atoms with van der Waals surface area (Å²) in [5.74, 6) is -1.27. The summed E-state index contributed by atoms with van der Waals surface area (Å²) >= 11 is 7.06. The monoisotopic (exact) mass is 547 g/mol. The Labute approximate surface area is 216 Å². The van der Waals surface area contributed by atoms with E-state index in [1.165, 1.54) is 48.5 Å². The third-order valence-corrected chi connectivity index (χ3v) is 7.44. The van der Waals surface area contributed by atoms with Crippen LogP contribution in [-0.2, 0) is 21.5 Å². The van der Waals surface area contributed by atoms with Gasteiger partial charge in [-0.15, -0.1) is 0 Å². The van der Waals surface area contributed by atoms with Gasteiger partial charge < -0.3 is 8.92 Å². The Morgan fingerprint density at radius 1 is 1.06 bits per heavy atom. The summed E-state index contributed by atoms with van der Waals surface area (Å²) in [6, 6.07) is 16.3. The number of hydrogen-bond donors (Lipinski definition) is 0. The zero-order chi connectivity index (χ0) is 25.9. The molecule has 1 heterocycles. The molecule has 11 heteroatoms. The fourth-order valence-electron chi connectivity index (χ4n) is 3.34. The smallest absolute Gasteiger partial charge is 0.339 e. The van der Waals surface area contributed by atoms with Crippen LogP contribution in [-0.4, -0.2) is 31.1 Å². The second kappa shape index (κ2) is 10.7. The Morgan fingerprint density at radius 2 is 1.75 bits per heavy atom. The molecule has 2 amide bonds. The number of hydrogen-bond acceptors (Lipinski definition) is 7. The fraction of sp³-hybridized carbons (Fsp3) is 0.120. The number of rotatable bonds is 8. The first-order valence-electron chi connectivity index (χ1n) is 10.6. The molecule has 1 saturated heterocycles. The van der Waals surface area contributed by atoms with E-state index in [1.54, 1.807) is 31.2 Å². The number of imide groups is 1. The Balaban J connectivity index is 1.63. The molecule has 0 aliphatic carbocycles. The van der Waals surface area contributed by atoms with Gasteiger partial charge in [0.1, 0.15) is 10.7 Å². The summed E-state index contributed by atoms with van der Waals surface area (Å²) in [6.07, 6.45) is 1.43. The molecule has 186 valence electrons. The van der Waals surface area contributed by atoms with Crippen LogP contribution in [0.25, 0.3) is 6.08 Å². The molecule has 3 aromatic rings. The topological polar surface area (TPSA) is 90.0 Å². The van der Waals surface area contributed by atoms with Gasteiger partial charge in [0.2, 0.25) is 5.75 Å². The Hall–Kier alpha value is -3.34. The van der Waals surface area contributed by atoms with Gasteiger partial charge in [0.25, 0.3) is 11.1 Å². The lowest BCUT2D eigenvalue weighted by Crippen LogP contribution is -2.27. The van der Waals surface area contributed by atoms with Crippen LogP contribution in [0.3, 0.4) is 0 Å². The van der Waals surface area contributed by atoms with Crippen molar-refractivity contribution in [2.24, 2.45) is 0 Å². The minimum absolute atomic E-state index is 0.0429. The number of halogens is 2. The third kappa shape index (κ3) is 5.56. The first-order chi connectivity index (χ1) is 17.2. The predicted octanol–water partition coefficient (Wildman–Crippen LogP) is 5.88. The maximum absolute atomic E-state index is 14.0. The van der Waals surface area contributed by atoms with Crippen LogP contribution in [0.2, 0.25) is 5.02 Å². The van der Waals surface area contributed by atoms with Crippen LogP contribution in [0.15, 0.2) is 76.5 Å². The van der Waals surface area contributed by atoms with E-state index in [4.69, 9.17) is 20.5 Å². The van der Waals surface area contributed by atoms with Crippen molar-refractivity contribution >= 4 is 50.7 Å². The van der Waals surface area contributed by atoms with Crippen molar-refractivity contribution < 1.29 is 31.3 Å². The molecule has 3 aromatic carbocycles. The van der Waals surface area contributed by atoms with Gasteiger partial charge in [-0.25, -0.2) is 4.39 Å². The summed E-state index contributed by atoms with van der Waals surface area (Å²) in [5, 5.41) is -0.614. The molecule has 1 fully saturated rings. The Morgan fingerprint density at radius 3 is 2.44 bits per heavy atom. The normalized spacial score (nSPS) is 15.0. The van der Waals surface area contributed by atoms with Gasteiger partial charge in [0.15, 0.2) is 5.75 Å². The average molecular weight is 548 g/mol. The number of carbonyl (C=O) groups excluding carboxylic acids is 2. The minimum atomic E-state index is -4.19. The van der Waals surface area contributed by atoms with E-state index >= 15 is 0 Å². The molecule has 36 heavy (non-hydrogen) atoms. The minimum Gasteiger partial charge on any atom is -0.490 e. The lowest BCUT2D eigenvalue weighted by atomic mass is 10.1. The van der Waals surface area contributed by atoms with Crippen molar-refractivity contribution in [1.82, 2.24) is 4.90 Å². The number of thioether (sulfide) groups is 1. The second-order valence-electron chi connectivity index (χ2n) is 7.47. The molecule has 0 unspecified atom stereocenters. The van der Waals surface area contributed by atoms with E-state index in [9.17, 15) is 22.4 Å². The molecule has 7 nitrogen and oxygen atoms in total. The lowest BCUT2D eigenvalue weighted by Gasteiger charge is -2.14. The highest BCUT2D eigenvalue weighted by atomic mass is 35.5. The van der Waals surface area contributed by atoms with Gasteiger partial charge in [-0.1, -0.05) is 48.0 Å². The van der Waals surface area contributed by atoms with Crippen molar-refractivity contribution in [2.45, 2.75) is 18.4 Å². The van der Waals surface area contributed by atoms with Crippen molar-refractivity contribution in [1.29, 1.82) is 0 Å². The molecule has 0 N–H and O–H groups in total. The maximum Gasteiger partial charge on any atom is 0.339 e. The van der Waals surface area contributed by atoms with Crippen molar-refractivity contribution in [3.8, 4) is 11.5 Å². The molecule has 0 saturated carbocycles. The van der Waals surface area contributed by atoms with Gasteiger partial charge in [0.05, 0.1) is 23.1 Å². The van der Waals surface area contributed by atoms with Crippen LogP contribution in [0.4, 0.5) is 9.18 Å². The quantitative estimate of drug-likeness (QED) is 0.257. The molecule has 0 bridgehead atoms. The highest BCUT2D eigenvalue weighted by molar-refractivity contribution is 8.18. The SMILES string of the molecule is CCOc1cc(/C=C2\SC(=O)N(Cc3ccccc3F)C2=O)cc(Cl)c1OS(=O)(=O)c1ccccc1. The number of benzene rings is 3. The Bertz CT molecular complexity index is 1460. The zero-order valence-electron chi connectivity index (χ0n) is 18.8. The number of amides is 2. The molecule has 0 spiro atoms. The van der Waals surface area contributed by atoms with Crippen LogP contribution in [0, 0.1) is 5.82 Å². The standard InChI is InChI=1S/C25H19ClFNO6S2/c1-2-33-21-13-16(12-19(26)23(21)34-36(31,32)18-9-4-3-5-10-18)14-22-24(29)28(25(30)35-22)15-17-8-6-7-11-20(17)27/h3-14H,2,15H2,1H3/b22-14-. The summed E-state index contributed by atoms with van der Waals surface area (Å²) in [5.41, 5.74) is 0.591. The van der Waals surface area contributed by atoms with Crippen LogP contribution in [0.5, 0.6) is 11.5 Å². The average Bonchev–Trinajstić information content (AvgIpc) is 3.10. The van der Waals surface area contributed by atoms with E-state index in [0.717, 1.165) is 4.90 Å². The summed E-state index contributed by atoms with van der Waals surface area (Å²) < 4.78 is 50.2. The van der Waals surface area contributed by atoms with Crippen LogP contribution in [0.1, 0.15) is 18.1 Å². The largest absolute Gasteiger partial charge is 0.490 e. The maximum atomic E-state index is 14.0. The molecule has 0 radical (unpaired) electrons. The number of carbonyl (C=O) groups is 2. The van der Waals surface area contributed by atoms with Crippen LogP contribution >= 0.6 is 23.4 Å². The first kappa shape index (κ1) is 25.7. The zero-order valence-corrected chi connectivity index (χ0v) is 21.2. The fourth-order valence-corrected chi connectivity index (χ4v) is 5.46. The van der Waals surface area contributed by atoms with Gasteiger partial charge in [-0.05, 0) is 60.7 Å². The molecule has 0 aromatic heterocycles. The highest BCUT2D eigenvalue weighted by Crippen LogP contribution is 2.40. The van der Waals surface area contributed by atoms with Crippen molar-refractivity contribution in [3.05, 3.63) is 93.6 Å². The molecule has 4 rings (SSSR count). The van der Waals surface area contributed by atoms with E-state index in [2.05, 4.69) is 0 Å². The number of ether oxygens (including phenoxy) is 1. The lowest BCUT2D eigenvalue weighted by molar-refractivity contribution is -0.123. The predicted molar refractivity (Wildman–Crippen MR) is 135 cm³/mol. The molecular weight excluding hydrogens is 529 g/mol. The first-order valence-corrected chi connectivity index (χ1v) is 13.2. The second-order valence-corrected chi connectivity index (χ2v) is 10.4. The summed E-state index contributed by atoms with van der Waals surface area (Å²) in [4.78, 5) is 26.3. The molecule has 1 aliphatic heterocycles. The summed E-state index contributed by atoms with van der Waals surface area (Å²) in [6.45, 7) is 1.68. The van der Waals surface area contributed by atoms with E-state index in [0.29, 0.717) is 17.3 Å². The van der Waals surface area contributed by atoms with Gasteiger partial charge in [0, 0.05) is 5.56 Å². The van der Waals surface area contributed by atoms with E-state index < -0.39 is 27.1 Å². The van der Waals surface area contributed by atoms with Gasteiger partial charge >= 0.3 is 10.1 Å². The van der Waals surface area contributed by atoms with Crippen LogP contribution < -0.4 is 8.92 Å². The van der Waals surface area contributed by atoms with Crippen molar-refractivity contribution in [3.63, 3.8) is 0 Å². The van der Waals surface area contributed by atoms with E-state index in [1.807, 2.05) is 0 Å². The third-order valence-electron chi connectivity index (χ3n) is 5.01. The van der Waals surface area contributed by atoms with Gasteiger partial charge in [-0.3, -0.25) is 14.5 Å². The summed E-state index contributed by atoms with van der Waals surface area (Å²) in [7, 11) is -4.19. The molecule has 0 atom stereocenters. The van der Waals surface area contributed by atoms with Gasteiger partial charge in [-0.2, -0.15) is 8.42 Å².